The van der Waals surface area contributed by atoms with E-state index < -0.39 is 0 Å². The molecular formula is C31H56O2. The van der Waals surface area contributed by atoms with Gasteiger partial charge < -0.3 is 0 Å². The summed E-state index contributed by atoms with van der Waals surface area (Å²) in [6, 6.07) is 0. The van der Waals surface area contributed by atoms with E-state index in [2.05, 4.69) is 12.2 Å². The maximum Gasteiger partial charge on any atom is 0.132 e. The molecule has 0 aliphatic heterocycles. The van der Waals surface area contributed by atoms with Gasteiger partial charge in [0.05, 0.1) is 0 Å². The van der Waals surface area contributed by atoms with Crippen LogP contribution in [-0.2, 0) is 9.59 Å². The van der Waals surface area contributed by atoms with Gasteiger partial charge in [-0.25, -0.2) is 0 Å². The topological polar surface area (TPSA) is 34.1 Å². The van der Waals surface area contributed by atoms with Gasteiger partial charge in [0.25, 0.3) is 0 Å². The molecular weight excluding hydrogens is 404 g/mol. The Balaban J connectivity index is 0.000000331. The number of carbonyl (C=O) groups excluding carboxylic acids is 2. The Labute approximate surface area is 206 Å². The molecule has 2 aliphatic rings. The second-order valence-corrected chi connectivity index (χ2v) is 10.6. The summed E-state index contributed by atoms with van der Waals surface area (Å²) < 4.78 is 0. The van der Waals surface area contributed by atoms with Crippen molar-refractivity contribution < 1.29 is 9.59 Å². The molecule has 0 spiro atoms. The highest BCUT2D eigenvalue weighted by Gasteiger charge is 2.03. The fourth-order valence-corrected chi connectivity index (χ4v) is 4.95. The molecule has 0 amide bonds. The number of carbonyl (C=O) groups is 2. The Hall–Kier alpha value is -0.920. The lowest BCUT2D eigenvalue weighted by atomic mass is 10.0. The molecule has 2 nitrogen and oxygen atoms in total. The number of allylic oxidation sites excluding steroid dienone is 2. The van der Waals surface area contributed by atoms with E-state index in [1.54, 1.807) is 0 Å². The third-order valence-corrected chi connectivity index (χ3v) is 7.23. The summed E-state index contributed by atoms with van der Waals surface area (Å²) in [5.41, 5.74) is 0. The number of hydrogen-bond acceptors (Lipinski definition) is 2. The zero-order valence-electron chi connectivity index (χ0n) is 22.1. The van der Waals surface area contributed by atoms with Gasteiger partial charge in [-0.05, 0) is 51.4 Å². The number of rotatable bonds is 0. The molecule has 0 unspecified atom stereocenters. The zero-order chi connectivity index (χ0) is 23.7. The van der Waals surface area contributed by atoms with Crippen LogP contribution in [-0.4, -0.2) is 11.6 Å². The van der Waals surface area contributed by atoms with Crippen molar-refractivity contribution in [2.24, 2.45) is 0 Å². The molecule has 33 heavy (non-hydrogen) atoms. The predicted molar refractivity (Wildman–Crippen MR) is 144 cm³/mol. The average Bonchev–Trinajstić information content (AvgIpc) is 2.82. The van der Waals surface area contributed by atoms with Gasteiger partial charge in [-0.15, -0.1) is 0 Å². The van der Waals surface area contributed by atoms with Gasteiger partial charge in [0.2, 0.25) is 0 Å². The van der Waals surface area contributed by atoms with Crippen molar-refractivity contribution in [1.29, 1.82) is 0 Å². The molecule has 0 saturated heterocycles. The maximum absolute atomic E-state index is 11.6. The van der Waals surface area contributed by atoms with Crippen molar-refractivity contribution >= 4 is 11.6 Å². The first-order valence-corrected chi connectivity index (χ1v) is 15.0. The summed E-state index contributed by atoms with van der Waals surface area (Å²) in [6.45, 7) is 0. The van der Waals surface area contributed by atoms with Gasteiger partial charge in [0.1, 0.15) is 11.6 Å². The number of hydrogen-bond donors (Lipinski definition) is 0. The van der Waals surface area contributed by atoms with Gasteiger partial charge in [-0.2, -0.15) is 0 Å². The third kappa shape index (κ3) is 22.6. The maximum atomic E-state index is 11.6. The van der Waals surface area contributed by atoms with Crippen LogP contribution in [0.2, 0.25) is 0 Å². The van der Waals surface area contributed by atoms with Gasteiger partial charge in [-0.3, -0.25) is 9.59 Å². The fourth-order valence-electron chi connectivity index (χ4n) is 4.95. The van der Waals surface area contributed by atoms with E-state index in [0.29, 0.717) is 11.6 Å². The molecule has 2 aliphatic carbocycles. The molecule has 0 aromatic carbocycles. The Kier molecular flexibility index (Phi) is 22.1. The highest BCUT2D eigenvalue weighted by Crippen LogP contribution is 2.15. The standard InChI is InChI=1S/C16H28O.C15H28O/c17-16-14-12-10-8-6-4-2-1-3-5-7-9-11-13-15-16;16-15-13-11-9-7-5-3-1-2-4-6-8-10-12-14-15/h1-2H,3-15H2;1-14H2/b2-1+;. The van der Waals surface area contributed by atoms with E-state index >= 15 is 0 Å². The lowest BCUT2D eigenvalue weighted by Crippen LogP contribution is -1.97. The first kappa shape index (κ1) is 30.1. The summed E-state index contributed by atoms with van der Waals surface area (Å²) >= 11 is 0. The minimum atomic E-state index is 0.497. The molecule has 192 valence electrons. The fraction of sp³-hybridized carbons (Fsp3) is 0.871. The molecule has 0 aromatic heterocycles. The quantitative estimate of drug-likeness (QED) is 0.337. The van der Waals surface area contributed by atoms with E-state index in [0.717, 1.165) is 51.4 Å². The summed E-state index contributed by atoms with van der Waals surface area (Å²) in [7, 11) is 0. The Morgan fingerprint density at radius 3 is 0.788 bits per heavy atom. The molecule has 0 N–H and O–H groups in total. The minimum absolute atomic E-state index is 0.497. The molecule has 0 aromatic rings. The van der Waals surface area contributed by atoms with Crippen LogP contribution in [0.15, 0.2) is 12.2 Å². The highest BCUT2D eigenvalue weighted by molar-refractivity contribution is 5.78. The van der Waals surface area contributed by atoms with Crippen LogP contribution in [0.3, 0.4) is 0 Å². The summed E-state index contributed by atoms with van der Waals surface area (Å²) in [5, 5.41) is 0. The highest BCUT2D eigenvalue weighted by atomic mass is 16.1. The van der Waals surface area contributed by atoms with Gasteiger partial charge in [0.15, 0.2) is 0 Å². The Morgan fingerprint density at radius 1 is 0.303 bits per heavy atom. The van der Waals surface area contributed by atoms with E-state index in [1.165, 1.54) is 122 Å². The van der Waals surface area contributed by atoms with Crippen LogP contribution in [0.25, 0.3) is 0 Å². The van der Waals surface area contributed by atoms with Gasteiger partial charge in [-0.1, -0.05) is 108 Å². The monoisotopic (exact) mass is 460 g/mol. The third-order valence-electron chi connectivity index (χ3n) is 7.23. The lowest BCUT2D eigenvalue weighted by molar-refractivity contribution is -0.120. The van der Waals surface area contributed by atoms with Crippen molar-refractivity contribution in [3.8, 4) is 0 Å². The van der Waals surface area contributed by atoms with Crippen LogP contribution in [0.4, 0.5) is 0 Å². The van der Waals surface area contributed by atoms with Crippen LogP contribution >= 0.6 is 0 Å². The summed E-state index contributed by atoms with van der Waals surface area (Å²) in [4.78, 5) is 23.1. The molecule has 0 atom stereocenters. The van der Waals surface area contributed by atoms with Gasteiger partial charge in [0, 0.05) is 25.7 Å². The molecule has 1 fully saturated rings. The van der Waals surface area contributed by atoms with Crippen molar-refractivity contribution in [2.45, 2.75) is 173 Å². The van der Waals surface area contributed by atoms with Gasteiger partial charge >= 0.3 is 0 Å². The number of Topliss-reactive ketones (excluding diaryl/α,β-unsaturated/α-hetero) is 2. The van der Waals surface area contributed by atoms with Crippen molar-refractivity contribution in [2.75, 3.05) is 0 Å². The SMILES string of the molecule is O=C1CCCCCC/C=C/CCCCCCC1.O=C1CCCCCCCCCCCCCC1. The van der Waals surface area contributed by atoms with Crippen LogP contribution < -0.4 is 0 Å². The van der Waals surface area contributed by atoms with E-state index in [4.69, 9.17) is 0 Å². The van der Waals surface area contributed by atoms with Crippen molar-refractivity contribution in [3.63, 3.8) is 0 Å². The largest absolute Gasteiger partial charge is 0.300 e. The second-order valence-electron chi connectivity index (χ2n) is 10.6. The van der Waals surface area contributed by atoms with E-state index in [1.807, 2.05) is 0 Å². The lowest BCUT2D eigenvalue weighted by Gasteiger charge is -2.03. The Bertz CT molecular complexity index is 461. The average molecular weight is 461 g/mol. The predicted octanol–water partition coefficient (Wildman–Crippen LogP) is 10.2. The summed E-state index contributed by atoms with van der Waals surface area (Å²) in [5.74, 6) is 1.01. The van der Waals surface area contributed by atoms with Crippen LogP contribution in [0, 0.1) is 0 Å². The molecule has 0 heterocycles. The van der Waals surface area contributed by atoms with Crippen molar-refractivity contribution in [1.82, 2.24) is 0 Å². The molecule has 0 radical (unpaired) electrons. The normalized spacial score (nSPS) is 23.9. The first-order chi connectivity index (χ1) is 16.3. The molecule has 2 heteroatoms. The first-order valence-electron chi connectivity index (χ1n) is 15.0. The van der Waals surface area contributed by atoms with Crippen LogP contribution in [0.1, 0.15) is 173 Å². The van der Waals surface area contributed by atoms with E-state index in [-0.39, 0.29) is 0 Å². The molecule has 1 saturated carbocycles. The minimum Gasteiger partial charge on any atom is -0.300 e. The molecule has 0 bridgehead atoms. The second kappa shape index (κ2) is 24.2. The van der Waals surface area contributed by atoms with Crippen LogP contribution in [0.5, 0.6) is 0 Å². The zero-order valence-corrected chi connectivity index (χ0v) is 22.1. The summed E-state index contributed by atoms with van der Waals surface area (Å²) in [6.07, 6.45) is 37.7. The van der Waals surface area contributed by atoms with E-state index in [9.17, 15) is 9.59 Å². The number of ketones is 2. The molecule has 2 rings (SSSR count). The smallest absolute Gasteiger partial charge is 0.132 e. The Morgan fingerprint density at radius 2 is 0.515 bits per heavy atom. The van der Waals surface area contributed by atoms with Crippen molar-refractivity contribution in [3.05, 3.63) is 12.2 Å².